The summed E-state index contributed by atoms with van der Waals surface area (Å²) in [5, 5.41) is 11.9. The molecular weight excluding hydrogens is 299 g/mol. The molecule has 6 nitrogen and oxygen atoms in total. The highest BCUT2D eigenvalue weighted by atomic mass is 32.2. The summed E-state index contributed by atoms with van der Waals surface area (Å²) in [5.41, 5.74) is 0.168. The van der Waals surface area contributed by atoms with E-state index in [0.717, 1.165) is 12.1 Å². The van der Waals surface area contributed by atoms with E-state index in [1.165, 1.54) is 13.0 Å². The van der Waals surface area contributed by atoms with Crippen LogP contribution in [0.3, 0.4) is 0 Å². The number of aliphatic hydroxyl groups is 1. The molecule has 0 saturated heterocycles. The standard InChI is InChI=1S/C13H19FN2O4S/c1-8(2)12(18)7-15-21(19,20)13-5-4-10(6-11(13)14)16-9(3)17/h4-6,8,12,15,18H,7H2,1-3H3,(H,16,17). The van der Waals surface area contributed by atoms with E-state index in [0.29, 0.717) is 0 Å². The Hall–Kier alpha value is -1.51. The third-order valence-corrected chi connectivity index (χ3v) is 4.25. The van der Waals surface area contributed by atoms with Gasteiger partial charge < -0.3 is 10.4 Å². The number of anilines is 1. The number of hydrogen-bond donors (Lipinski definition) is 3. The molecule has 0 saturated carbocycles. The van der Waals surface area contributed by atoms with Crippen molar-refractivity contribution in [1.82, 2.24) is 4.72 Å². The molecule has 1 amide bonds. The van der Waals surface area contributed by atoms with Crippen LogP contribution in [0.15, 0.2) is 23.1 Å². The van der Waals surface area contributed by atoms with Gasteiger partial charge in [-0.15, -0.1) is 0 Å². The topological polar surface area (TPSA) is 95.5 Å². The first-order chi connectivity index (χ1) is 9.63. The SMILES string of the molecule is CC(=O)Nc1ccc(S(=O)(=O)NCC(O)C(C)C)c(F)c1. The normalized spacial score (nSPS) is 13.2. The van der Waals surface area contributed by atoms with Gasteiger partial charge in [0.05, 0.1) is 6.10 Å². The zero-order valence-corrected chi connectivity index (χ0v) is 12.9. The molecule has 0 fully saturated rings. The van der Waals surface area contributed by atoms with Crippen LogP contribution in [0.2, 0.25) is 0 Å². The molecule has 1 rings (SSSR count). The third kappa shape index (κ3) is 5.07. The highest BCUT2D eigenvalue weighted by Gasteiger charge is 2.21. The number of hydrogen-bond acceptors (Lipinski definition) is 4. The van der Waals surface area contributed by atoms with Crippen molar-refractivity contribution in [2.45, 2.75) is 31.8 Å². The number of amides is 1. The lowest BCUT2D eigenvalue weighted by molar-refractivity contribution is -0.114. The molecule has 0 aliphatic rings. The van der Waals surface area contributed by atoms with Gasteiger partial charge in [-0.25, -0.2) is 17.5 Å². The van der Waals surface area contributed by atoms with E-state index in [4.69, 9.17) is 0 Å². The van der Waals surface area contributed by atoms with Crippen molar-refractivity contribution in [3.63, 3.8) is 0 Å². The summed E-state index contributed by atoms with van der Waals surface area (Å²) in [6, 6.07) is 3.28. The van der Waals surface area contributed by atoms with Gasteiger partial charge in [0.25, 0.3) is 0 Å². The van der Waals surface area contributed by atoms with E-state index in [2.05, 4.69) is 10.0 Å². The number of benzene rings is 1. The fourth-order valence-electron chi connectivity index (χ4n) is 1.51. The molecule has 3 N–H and O–H groups in total. The molecule has 1 atom stereocenters. The molecule has 1 aromatic carbocycles. The zero-order chi connectivity index (χ0) is 16.2. The second kappa shape index (κ2) is 6.97. The fourth-order valence-corrected chi connectivity index (χ4v) is 2.62. The minimum Gasteiger partial charge on any atom is -0.391 e. The van der Waals surface area contributed by atoms with Crippen LogP contribution in [0.25, 0.3) is 0 Å². The van der Waals surface area contributed by atoms with Gasteiger partial charge in [-0.2, -0.15) is 0 Å². The Morgan fingerprint density at radius 1 is 1.38 bits per heavy atom. The number of carbonyl (C=O) groups is 1. The van der Waals surface area contributed by atoms with E-state index in [9.17, 15) is 22.7 Å². The van der Waals surface area contributed by atoms with Crippen LogP contribution in [-0.4, -0.2) is 32.1 Å². The largest absolute Gasteiger partial charge is 0.391 e. The van der Waals surface area contributed by atoms with Crippen molar-refractivity contribution >= 4 is 21.6 Å². The Balaban J connectivity index is 2.91. The van der Waals surface area contributed by atoms with E-state index in [1.807, 2.05) is 0 Å². The van der Waals surface area contributed by atoms with Crippen LogP contribution < -0.4 is 10.0 Å². The first kappa shape index (κ1) is 17.5. The first-order valence-corrected chi connectivity index (χ1v) is 7.86. The molecule has 118 valence electrons. The molecule has 1 unspecified atom stereocenters. The Morgan fingerprint density at radius 3 is 2.48 bits per heavy atom. The molecule has 0 radical (unpaired) electrons. The maximum absolute atomic E-state index is 13.8. The van der Waals surface area contributed by atoms with E-state index in [1.54, 1.807) is 13.8 Å². The number of carbonyl (C=O) groups excluding carboxylic acids is 1. The van der Waals surface area contributed by atoms with Crippen molar-refractivity contribution < 1.29 is 22.7 Å². The van der Waals surface area contributed by atoms with E-state index in [-0.39, 0.29) is 24.1 Å². The third-order valence-electron chi connectivity index (χ3n) is 2.79. The predicted molar refractivity (Wildman–Crippen MR) is 76.7 cm³/mol. The Morgan fingerprint density at radius 2 is 2.00 bits per heavy atom. The average Bonchev–Trinajstić information content (AvgIpc) is 2.34. The van der Waals surface area contributed by atoms with Crippen LogP contribution in [0, 0.1) is 11.7 Å². The van der Waals surface area contributed by atoms with Gasteiger partial charge in [-0.3, -0.25) is 4.79 Å². The maximum atomic E-state index is 13.8. The number of aliphatic hydroxyl groups excluding tert-OH is 1. The van der Waals surface area contributed by atoms with Gasteiger partial charge >= 0.3 is 0 Å². The number of halogens is 1. The van der Waals surface area contributed by atoms with Crippen LogP contribution in [0.1, 0.15) is 20.8 Å². The van der Waals surface area contributed by atoms with Crippen molar-refractivity contribution in [1.29, 1.82) is 0 Å². The van der Waals surface area contributed by atoms with E-state index >= 15 is 0 Å². The molecule has 0 heterocycles. The van der Waals surface area contributed by atoms with Crippen LogP contribution in [-0.2, 0) is 14.8 Å². The maximum Gasteiger partial charge on any atom is 0.243 e. The van der Waals surface area contributed by atoms with Gasteiger partial charge in [0.2, 0.25) is 15.9 Å². The molecule has 0 bridgehead atoms. The zero-order valence-electron chi connectivity index (χ0n) is 12.1. The summed E-state index contributed by atoms with van der Waals surface area (Å²) in [5.74, 6) is -1.49. The Labute approximate surface area is 123 Å². The monoisotopic (exact) mass is 318 g/mol. The molecule has 0 aromatic heterocycles. The average molecular weight is 318 g/mol. The summed E-state index contributed by atoms with van der Waals surface area (Å²) < 4.78 is 39.9. The predicted octanol–water partition coefficient (Wildman–Crippen LogP) is 1.08. The minimum absolute atomic E-state index is 0.125. The summed E-state index contributed by atoms with van der Waals surface area (Å²) in [6.45, 7) is 4.54. The summed E-state index contributed by atoms with van der Waals surface area (Å²) >= 11 is 0. The summed E-state index contributed by atoms with van der Waals surface area (Å²) in [7, 11) is -4.06. The van der Waals surface area contributed by atoms with Gasteiger partial charge in [-0.05, 0) is 24.1 Å². The van der Waals surface area contributed by atoms with Crippen molar-refractivity contribution in [2.24, 2.45) is 5.92 Å². The van der Waals surface area contributed by atoms with Crippen LogP contribution >= 0.6 is 0 Å². The minimum atomic E-state index is -4.06. The second-order valence-corrected chi connectivity index (χ2v) is 6.73. The smallest absolute Gasteiger partial charge is 0.243 e. The molecule has 0 aliphatic heterocycles. The number of sulfonamides is 1. The van der Waals surface area contributed by atoms with Gasteiger partial charge in [0.1, 0.15) is 10.7 Å². The van der Waals surface area contributed by atoms with Crippen molar-refractivity contribution in [3.8, 4) is 0 Å². The lowest BCUT2D eigenvalue weighted by Crippen LogP contribution is -2.35. The first-order valence-electron chi connectivity index (χ1n) is 6.38. The van der Waals surface area contributed by atoms with Gasteiger partial charge in [0, 0.05) is 19.2 Å². The van der Waals surface area contributed by atoms with Crippen molar-refractivity contribution in [2.75, 3.05) is 11.9 Å². The Bertz CT molecular complexity index is 617. The number of rotatable bonds is 6. The molecule has 0 aliphatic carbocycles. The lowest BCUT2D eigenvalue weighted by atomic mass is 10.1. The molecule has 8 heteroatoms. The van der Waals surface area contributed by atoms with Crippen LogP contribution in [0.4, 0.5) is 10.1 Å². The van der Waals surface area contributed by atoms with Crippen LogP contribution in [0.5, 0.6) is 0 Å². The van der Waals surface area contributed by atoms with Gasteiger partial charge in [-0.1, -0.05) is 13.8 Å². The molecule has 21 heavy (non-hydrogen) atoms. The van der Waals surface area contributed by atoms with Crippen molar-refractivity contribution in [3.05, 3.63) is 24.0 Å². The lowest BCUT2D eigenvalue weighted by Gasteiger charge is -2.15. The highest BCUT2D eigenvalue weighted by molar-refractivity contribution is 7.89. The fraction of sp³-hybridized carbons (Fsp3) is 0.462. The quantitative estimate of drug-likeness (QED) is 0.731. The van der Waals surface area contributed by atoms with E-state index < -0.39 is 26.8 Å². The molecule has 1 aromatic rings. The Kier molecular flexibility index (Phi) is 5.82. The summed E-state index contributed by atoms with van der Waals surface area (Å²) in [6.07, 6.45) is -0.860. The summed E-state index contributed by atoms with van der Waals surface area (Å²) in [4.78, 5) is 10.3. The highest BCUT2D eigenvalue weighted by Crippen LogP contribution is 2.19. The molecule has 0 spiro atoms. The number of nitrogens with one attached hydrogen (secondary N) is 2. The second-order valence-electron chi connectivity index (χ2n) is 4.99. The molecular formula is C13H19FN2O4S. The van der Waals surface area contributed by atoms with Gasteiger partial charge in [0.15, 0.2) is 0 Å².